The van der Waals surface area contributed by atoms with Gasteiger partial charge in [0.1, 0.15) is 22.4 Å². The summed E-state index contributed by atoms with van der Waals surface area (Å²) < 4.78 is 57.8. The predicted molar refractivity (Wildman–Crippen MR) is 109 cm³/mol. The lowest BCUT2D eigenvalue weighted by atomic mass is 10.2. The molecule has 0 fully saturated rings. The number of anilines is 1. The van der Waals surface area contributed by atoms with Crippen molar-refractivity contribution in [1.29, 1.82) is 0 Å². The van der Waals surface area contributed by atoms with E-state index in [0.717, 1.165) is 16.4 Å². The van der Waals surface area contributed by atoms with Crippen LogP contribution in [0.15, 0.2) is 71.8 Å². The number of halogens is 2. The topological polar surface area (TPSA) is 67.6 Å². The fourth-order valence-corrected chi connectivity index (χ4v) is 4.77. The number of fused-ring (bicyclic) bond motifs is 1. The van der Waals surface area contributed by atoms with Crippen LogP contribution in [-0.2, 0) is 23.0 Å². The van der Waals surface area contributed by atoms with E-state index in [2.05, 4.69) is 10.2 Å². The Morgan fingerprint density at radius 1 is 0.967 bits per heavy atom. The van der Waals surface area contributed by atoms with E-state index in [9.17, 15) is 17.2 Å². The third kappa shape index (κ3) is 3.52. The fourth-order valence-electron chi connectivity index (χ4n) is 3.20. The zero-order chi connectivity index (χ0) is 21.3. The van der Waals surface area contributed by atoms with E-state index in [-0.39, 0.29) is 28.3 Å². The van der Waals surface area contributed by atoms with Gasteiger partial charge < -0.3 is 0 Å². The van der Waals surface area contributed by atoms with E-state index < -0.39 is 21.7 Å². The minimum Gasteiger partial charge on any atom is -0.285 e. The molecule has 0 unspecified atom stereocenters. The first-order chi connectivity index (χ1) is 14.4. The van der Waals surface area contributed by atoms with Crippen LogP contribution in [0.3, 0.4) is 0 Å². The van der Waals surface area contributed by atoms with Gasteiger partial charge >= 0.3 is 0 Å². The fraction of sp³-hybridized carbons (Fsp3) is 0.143. The molecule has 0 saturated carbocycles. The lowest BCUT2D eigenvalue weighted by Crippen LogP contribution is -2.31. The van der Waals surface area contributed by atoms with Crippen molar-refractivity contribution in [3.8, 4) is 0 Å². The van der Waals surface area contributed by atoms with E-state index in [1.807, 2.05) is 6.92 Å². The summed E-state index contributed by atoms with van der Waals surface area (Å²) in [7, 11) is -4.18. The van der Waals surface area contributed by atoms with Gasteiger partial charge in [0, 0.05) is 18.2 Å². The molecule has 2 heterocycles. The van der Waals surface area contributed by atoms with Gasteiger partial charge in [-0.15, -0.1) is 10.2 Å². The Morgan fingerprint density at radius 3 is 2.40 bits per heavy atom. The largest absolute Gasteiger partial charge is 0.285 e. The molecular weight excluding hydrogens is 410 g/mol. The second-order valence-corrected chi connectivity index (χ2v) is 8.45. The SMILES string of the molecule is CCc1nnc2c(S(=O)(=O)N(Cc3ccccc3F)c3ccc(F)cc3)cccn12. The van der Waals surface area contributed by atoms with E-state index in [0.29, 0.717) is 12.2 Å². The molecule has 0 radical (unpaired) electrons. The number of nitrogens with zero attached hydrogens (tertiary/aromatic N) is 4. The van der Waals surface area contributed by atoms with Crippen molar-refractivity contribution in [3.63, 3.8) is 0 Å². The van der Waals surface area contributed by atoms with E-state index in [1.165, 1.54) is 36.4 Å². The number of sulfonamides is 1. The van der Waals surface area contributed by atoms with Crippen LogP contribution in [0.25, 0.3) is 5.65 Å². The summed E-state index contributed by atoms with van der Waals surface area (Å²) in [5.41, 5.74) is 0.569. The molecule has 30 heavy (non-hydrogen) atoms. The molecule has 6 nitrogen and oxygen atoms in total. The molecule has 0 bridgehead atoms. The highest BCUT2D eigenvalue weighted by molar-refractivity contribution is 7.93. The molecule has 154 valence electrons. The lowest BCUT2D eigenvalue weighted by Gasteiger charge is -2.25. The first-order valence-corrected chi connectivity index (χ1v) is 10.7. The number of rotatable bonds is 6. The van der Waals surface area contributed by atoms with Gasteiger partial charge in [-0.2, -0.15) is 0 Å². The van der Waals surface area contributed by atoms with Gasteiger partial charge in [0.2, 0.25) is 0 Å². The number of aromatic nitrogens is 3. The number of hydrogen-bond donors (Lipinski definition) is 0. The van der Waals surface area contributed by atoms with Crippen molar-refractivity contribution >= 4 is 21.4 Å². The molecule has 0 saturated heterocycles. The Balaban J connectivity index is 1.89. The number of aryl methyl sites for hydroxylation is 1. The van der Waals surface area contributed by atoms with E-state index >= 15 is 0 Å². The van der Waals surface area contributed by atoms with Gasteiger partial charge in [0.15, 0.2) is 5.65 Å². The molecule has 2 aromatic carbocycles. The molecule has 0 aliphatic carbocycles. The van der Waals surface area contributed by atoms with E-state index in [1.54, 1.807) is 22.7 Å². The molecule has 0 spiro atoms. The maximum Gasteiger partial charge on any atom is 0.268 e. The van der Waals surface area contributed by atoms with Crippen LogP contribution in [0.1, 0.15) is 18.3 Å². The van der Waals surface area contributed by atoms with Crippen molar-refractivity contribution in [3.05, 3.63) is 89.9 Å². The molecule has 0 amide bonds. The van der Waals surface area contributed by atoms with Gasteiger partial charge in [-0.3, -0.25) is 8.71 Å². The maximum absolute atomic E-state index is 14.3. The summed E-state index contributed by atoms with van der Waals surface area (Å²) in [4.78, 5) is -0.0714. The molecule has 0 aliphatic rings. The quantitative estimate of drug-likeness (QED) is 0.466. The van der Waals surface area contributed by atoms with Crippen molar-refractivity contribution in [2.75, 3.05) is 4.31 Å². The van der Waals surface area contributed by atoms with Crippen molar-refractivity contribution in [2.24, 2.45) is 0 Å². The Hall–Kier alpha value is -3.33. The minimum atomic E-state index is -4.18. The third-order valence-corrected chi connectivity index (χ3v) is 6.53. The molecule has 0 atom stereocenters. The number of benzene rings is 2. The van der Waals surface area contributed by atoms with Gasteiger partial charge in [-0.1, -0.05) is 25.1 Å². The van der Waals surface area contributed by atoms with Gasteiger partial charge in [-0.05, 0) is 42.5 Å². The highest BCUT2D eigenvalue weighted by atomic mass is 32.2. The third-order valence-electron chi connectivity index (χ3n) is 4.74. The molecule has 9 heteroatoms. The predicted octanol–water partition coefficient (Wildman–Crippen LogP) is 3.97. The summed E-state index contributed by atoms with van der Waals surface area (Å²) in [5, 5.41) is 8.09. The van der Waals surface area contributed by atoms with Crippen LogP contribution < -0.4 is 4.31 Å². The zero-order valence-corrected chi connectivity index (χ0v) is 16.9. The van der Waals surface area contributed by atoms with Crippen molar-refractivity contribution in [1.82, 2.24) is 14.6 Å². The Bertz CT molecular complexity index is 1300. The second-order valence-electron chi connectivity index (χ2n) is 6.62. The average Bonchev–Trinajstić information content (AvgIpc) is 3.17. The van der Waals surface area contributed by atoms with E-state index in [4.69, 9.17) is 0 Å². The molecule has 2 aromatic heterocycles. The Labute approximate surface area is 172 Å². The van der Waals surface area contributed by atoms with Crippen molar-refractivity contribution in [2.45, 2.75) is 24.8 Å². The van der Waals surface area contributed by atoms with Crippen LogP contribution in [0.5, 0.6) is 0 Å². The summed E-state index contributed by atoms with van der Waals surface area (Å²) in [5.74, 6) is -0.424. The highest BCUT2D eigenvalue weighted by Crippen LogP contribution is 2.29. The highest BCUT2D eigenvalue weighted by Gasteiger charge is 2.29. The standard InChI is InChI=1S/C21H18F2N4O2S/c1-2-20-24-25-21-19(8-5-13-26(20)21)30(28,29)27(17-11-9-16(22)10-12-17)14-15-6-3-4-7-18(15)23/h3-13H,2,14H2,1H3. The minimum absolute atomic E-state index is 0.0714. The van der Waals surface area contributed by atoms with Crippen LogP contribution in [-0.4, -0.2) is 23.0 Å². The van der Waals surface area contributed by atoms with Crippen molar-refractivity contribution < 1.29 is 17.2 Å². The molecular formula is C21H18F2N4O2S. The second kappa shape index (κ2) is 7.83. The van der Waals surface area contributed by atoms with Crippen LogP contribution in [0.4, 0.5) is 14.5 Å². The maximum atomic E-state index is 14.3. The average molecular weight is 428 g/mol. The summed E-state index contributed by atoms with van der Waals surface area (Å²) in [6.07, 6.45) is 2.26. The summed E-state index contributed by atoms with van der Waals surface area (Å²) in [6, 6.07) is 13.9. The number of hydrogen-bond acceptors (Lipinski definition) is 4. The van der Waals surface area contributed by atoms with Crippen LogP contribution >= 0.6 is 0 Å². The molecule has 4 rings (SSSR count). The summed E-state index contributed by atoms with van der Waals surface area (Å²) in [6.45, 7) is 1.62. The first kappa shape index (κ1) is 20.0. The Morgan fingerprint density at radius 2 is 1.70 bits per heavy atom. The lowest BCUT2D eigenvalue weighted by molar-refractivity contribution is 0.585. The smallest absolute Gasteiger partial charge is 0.268 e. The molecule has 4 aromatic rings. The normalized spacial score (nSPS) is 11.7. The number of pyridine rings is 1. The monoisotopic (exact) mass is 428 g/mol. The summed E-state index contributed by atoms with van der Waals surface area (Å²) >= 11 is 0. The Kier molecular flexibility index (Phi) is 5.21. The van der Waals surface area contributed by atoms with Gasteiger partial charge in [0.25, 0.3) is 10.0 Å². The molecule has 0 aliphatic heterocycles. The molecule has 0 N–H and O–H groups in total. The zero-order valence-electron chi connectivity index (χ0n) is 16.0. The van der Waals surface area contributed by atoms with Gasteiger partial charge in [-0.25, -0.2) is 17.2 Å². The van der Waals surface area contributed by atoms with Crippen LogP contribution in [0, 0.1) is 11.6 Å². The first-order valence-electron chi connectivity index (χ1n) is 9.26. The van der Waals surface area contributed by atoms with Gasteiger partial charge in [0.05, 0.1) is 12.2 Å². The van der Waals surface area contributed by atoms with Crippen LogP contribution in [0.2, 0.25) is 0 Å².